The van der Waals surface area contributed by atoms with E-state index in [1.807, 2.05) is 0 Å². The third-order valence-corrected chi connectivity index (χ3v) is 32.8. The molecule has 0 aliphatic heterocycles. The second-order valence-electron chi connectivity index (χ2n) is 35.2. The smallest absolute Gasteiger partial charge is 0.310 e. The van der Waals surface area contributed by atoms with Crippen LogP contribution >= 0.6 is 24.5 Å². The van der Waals surface area contributed by atoms with Gasteiger partial charge in [0.2, 0.25) is 0 Å². The van der Waals surface area contributed by atoms with Crippen LogP contribution in [0.25, 0.3) is 130 Å². The van der Waals surface area contributed by atoms with E-state index in [0.717, 1.165) is 117 Å². The van der Waals surface area contributed by atoms with Crippen molar-refractivity contribution in [2.75, 3.05) is 14.0 Å². The van der Waals surface area contributed by atoms with Gasteiger partial charge in [-0.15, -0.1) is 0 Å². The molecule has 3 atom stereocenters. The van der Waals surface area contributed by atoms with E-state index in [-0.39, 0.29) is 6.04 Å². The van der Waals surface area contributed by atoms with E-state index in [2.05, 4.69) is 319 Å². The van der Waals surface area contributed by atoms with Gasteiger partial charge in [0.1, 0.15) is 33.5 Å². The Kier molecular flexibility index (Phi) is 23.3. The third-order valence-electron chi connectivity index (χ3n) is 27.8. The molecular formula is C111H110N3O6P3. The normalized spacial score (nSPS) is 17.1. The summed E-state index contributed by atoms with van der Waals surface area (Å²) < 4.78 is 51.1. The first kappa shape index (κ1) is 79.6. The predicted molar refractivity (Wildman–Crippen MR) is 522 cm³/mol. The van der Waals surface area contributed by atoms with Gasteiger partial charge in [0.25, 0.3) is 0 Å². The molecule has 2 saturated carbocycles. The highest BCUT2D eigenvalue weighted by Crippen LogP contribution is 2.55. The van der Waals surface area contributed by atoms with Crippen LogP contribution in [0.3, 0.4) is 0 Å². The Bertz CT molecular complexity index is 6750. The van der Waals surface area contributed by atoms with Crippen molar-refractivity contribution in [3.63, 3.8) is 0 Å². The summed E-state index contributed by atoms with van der Waals surface area (Å²) in [6.07, 6.45) is 30.5. The molecule has 0 saturated heterocycles. The maximum absolute atomic E-state index is 7.20. The fourth-order valence-electron chi connectivity index (χ4n) is 21.8. The molecule has 0 spiro atoms. The molecule has 123 heavy (non-hydrogen) atoms. The zero-order valence-corrected chi connectivity index (χ0v) is 73.7. The van der Waals surface area contributed by atoms with Crippen LogP contribution in [-0.4, -0.2) is 18.1 Å². The van der Waals surface area contributed by atoms with Crippen LogP contribution in [0.2, 0.25) is 0 Å². The largest absolute Gasteiger partial charge is 0.408 e. The number of nitrogens with zero attached hydrogens (tertiary/aromatic N) is 3. The summed E-state index contributed by atoms with van der Waals surface area (Å²) in [5.41, 5.74) is 14.4. The van der Waals surface area contributed by atoms with Crippen molar-refractivity contribution in [1.29, 1.82) is 0 Å². The van der Waals surface area contributed by atoms with Gasteiger partial charge in [-0.1, -0.05) is 352 Å². The first-order valence-electron chi connectivity index (χ1n) is 46.1. The van der Waals surface area contributed by atoms with Crippen LogP contribution in [0, 0.1) is 0 Å². The summed E-state index contributed by atoms with van der Waals surface area (Å²) in [7, 11) is -4.19. The second kappa shape index (κ2) is 36.0. The van der Waals surface area contributed by atoms with Gasteiger partial charge in [-0.25, -0.2) is 0 Å². The van der Waals surface area contributed by atoms with Gasteiger partial charge in [-0.3, -0.25) is 0 Å². The minimum Gasteiger partial charge on any atom is -0.408 e. The molecule has 5 aliphatic rings. The summed E-state index contributed by atoms with van der Waals surface area (Å²) in [6.45, 7) is 4.61. The van der Waals surface area contributed by atoms with Crippen LogP contribution in [0.4, 0.5) is 0 Å². The van der Waals surface area contributed by atoms with Gasteiger partial charge in [0.15, 0.2) is 0 Å². The molecule has 0 amide bonds. The summed E-state index contributed by atoms with van der Waals surface area (Å²) >= 11 is 0. The van der Waals surface area contributed by atoms with Crippen molar-refractivity contribution < 1.29 is 25.2 Å². The van der Waals surface area contributed by atoms with Gasteiger partial charge in [0.05, 0.1) is 0 Å². The number of fused-ring (bicyclic) bond motifs is 24. The standard InChI is InChI=1S/C38H40NO2P.C37H36NO2P.C36H34NO2P/c1-3-5-16-30(17-6-4-2)39(34-24-21-27-13-7-10-18-31(27)34)42-40-35-25-22-28-14-8-11-19-32(28)37(35)38-33-20-12-9-15-29(33)23-26-36(38)41-42;1-2-4-15-29(16-5-3-1)38(33-23-20-26-12-6-9-17-30(26)33)41-39-34-24-21-27-13-7-10-18-31(27)36(34)37-32-19-11-8-14-28(32)22-25-35(37)40-41;1-2-4-15-28(14-3-1)37(32-22-19-25-11-5-8-16-29(25)32)40-38-33-23-20-26-12-6-9-17-30(26)35(33)36-31-18-10-7-13-27(31)21-24-34(36)39-40/h7-15,18-20,22-23,25-26,30,34H,3-6,16-17,21,24H2,1-2H3;6-14,17-19,21-22,24-25,29,33H,1-5,15-16,20,23H2;5-13,16-18,20-21,23-24,28,32H,1-4,14-15,19,22H2. The van der Waals surface area contributed by atoms with Gasteiger partial charge in [-0.2, -0.15) is 14.0 Å². The van der Waals surface area contributed by atoms with E-state index in [9.17, 15) is 0 Å². The fraction of sp³-hybridized carbons (Fsp3) is 0.297. The number of benzene rings is 15. The fourth-order valence-corrected chi connectivity index (χ4v) is 27.3. The lowest BCUT2D eigenvalue weighted by atomic mass is 9.95. The lowest BCUT2D eigenvalue weighted by molar-refractivity contribution is 0.408. The van der Waals surface area contributed by atoms with E-state index >= 15 is 0 Å². The molecule has 3 unspecified atom stereocenters. The molecule has 18 aromatic rings. The first-order valence-corrected chi connectivity index (χ1v) is 49.5. The predicted octanol–water partition coefficient (Wildman–Crippen LogP) is 34.3. The Hall–Kier alpha value is -10.6. The monoisotopic (exact) mass is 1670 g/mol. The van der Waals surface area contributed by atoms with Gasteiger partial charge < -0.3 is 25.2 Å². The minimum absolute atomic E-state index is 0.289. The molecule has 620 valence electrons. The summed E-state index contributed by atoms with van der Waals surface area (Å²) in [6, 6.07) is 108. The lowest BCUT2D eigenvalue weighted by Crippen LogP contribution is -2.36. The SMILES string of the molecule is CCCCC(CCCC)N(C1CCc2ccccc21)p1oc2ccc3ccccc3c2c2c(ccc3ccccc32)o1.c1ccc2c(c1)CCC2N(C1CCCCCC1)p1oc2ccc3ccccc3c2c2c(ccc3ccccc32)o1.c1ccc2c(c1)CCC2N(C1CCCCCCC1)p1oc2ccc3ccccc3c2c2c(ccc3ccccc32)o1. The van der Waals surface area contributed by atoms with E-state index in [1.54, 1.807) is 0 Å². The highest BCUT2D eigenvalue weighted by molar-refractivity contribution is 7.39. The average molecular weight is 1680 g/mol. The first-order chi connectivity index (χ1) is 61.0. The van der Waals surface area contributed by atoms with Crippen molar-refractivity contribution in [1.82, 2.24) is 0 Å². The Morgan fingerprint density at radius 3 is 0.797 bits per heavy atom. The van der Waals surface area contributed by atoms with Crippen molar-refractivity contribution >= 4 is 155 Å². The maximum Gasteiger partial charge on any atom is 0.310 e. The number of hydrogen-bond donors (Lipinski definition) is 0. The minimum atomic E-state index is -1.42. The topological polar surface area (TPSA) is 88.6 Å². The molecule has 0 bridgehead atoms. The Balaban J connectivity index is 0.000000113. The number of rotatable bonds is 15. The molecule has 3 heterocycles. The van der Waals surface area contributed by atoms with Gasteiger partial charge in [-0.05, 0) is 211 Å². The molecule has 3 aromatic heterocycles. The van der Waals surface area contributed by atoms with Crippen LogP contribution in [0.5, 0.6) is 0 Å². The van der Waals surface area contributed by atoms with E-state index in [4.69, 9.17) is 25.2 Å². The molecule has 12 heteroatoms. The number of unbranched alkanes of at least 4 members (excludes halogenated alkanes) is 2. The third kappa shape index (κ3) is 15.6. The van der Waals surface area contributed by atoms with Crippen molar-refractivity contribution in [2.45, 2.75) is 211 Å². The van der Waals surface area contributed by atoms with Gasteiger partial charge in [0, 0.05) is 68.6 Å². The summed E-state index contributed by atoms with van der Waals surface area (Å²) in [5, 5.41) is 21.5. The number of aryl methyl sites for hydroxylation is 3. The van der Waals surface area contributed by atoms with E-state index in [1.165, 1.54) is 207 Å². The van der Waals surface area contributed by atoms with Crippen LogP contribution in [0.15, 0.2) is 316 Å². The highest BCUT2D eigenvalue weighted by atomic mass is 31.1. The van der Waals surface area contributed by atoms with E-state index in [0.29, 0.717) is 30.2 Å². The zero-order valence-electron chi connectivity index (χ0n) is 71.0. The summed E-state index contributed by atoms with van der Waals surface area (Å²) in [5.74, 6) is 0. The molecule has 15 aromatic carbocycles. The molecule has 9 nitrogen and oxygen atoms in total. The molecule has 0 N–H and O–H groups in total. The maximum atomic E-state index is 7.20. The molecule has 0 radical (unpaired) electrons. The number of hydrogen-bond acceptors (Lipinski definition) is 9. The quantitative estimate of drug-likeness (QED) is 0.0931. The summed E-state index contributed by atoms with van der Waals surface area (Å²) in [4.78, 5) is 0. The van der Waals surface area contributed by atoms with E-state index < -0.39 is 24.5 Å². The molecule has 5 aliphatic carbocycles. The van der Waals surface area contributed by atoms with Crippen LogP contribution in [-0.2, 0) is 19.3 Å². The zero-order chi connectivity index (χ0) is 82.1. The van der Waals surface area contributed by atoms with Crippen molar-refractivity contribution in [2.24, 2.45) is 0 Å². The Morgan fingerprint density at radius 1 is 0.260 bits per heavy atom. The van der Waals surface area contributed by atoms with Crippen molar-refractivity contribution in [3.05, 3.63) is 325 Å². The second-order valence-corrected chi connectivity index (χ2v) is 39.1. The van der Waals surface area contributed by atoms with Gasteiger partial charge >= 0.3 is 24.5 Å². The molecular weight excluding hydrogens is 1560 g/mol. The lowest BCUT2D eigenvalue weighted by Gasteiger charge is -2.34. The van der Waals surface area contributed by atoms with Crippen LogP contribution < -0.4 is 14.0 Å². The molecule has 2 fully saturated rings. The van der Waals surface area contributed by atoms with Crippen LogP contribution in [0.1, 0.15) is 207 Å². The highest BCUT2D eigenvalue weighted by Gasteiger charge is 2.41. The Labute approximate surface area is 724 Å². The molecule has 23 rings (SSSR count). The Morgan fingerprint density at radius 2 is 0.504 bits per heavy atom. The van der Waals surface area contributed by atoms with Crippen molar-refractivity contribution in [3.8, 4) is 0 Å². The average Bonchev–Trinajstić information content (AvgIpc) is 1.70.